The van der Waals surface area contributed by atoms with Crippen LogP contribution in [0.5, 0.6) is 0 Å². The largest absolute Gasteiger partial charge is 0.142 e. The molecule has 4 heterocycles. The van der Waals surface area contributed by atoms with Crippen LogP contribution in [0.1, 0.15) is 296 Å². The smallest absolute Gasteiger partial charge is 0.0798 e. The van der Waals surface area contributed by atoms with Gasteiger partial charge in [-0.3, -0.25) is 0 Å². The zero-order chi connectivity index (χ0) is 58.8. The maximum Gasteiger partial charge on any atom is 0.0798 e. The Labute approximate surface area is 547 Å². The van der Waals surface area contributed by atoms with Gasteiger partial charge in [-0.1, -0.05) is 333 Å². The van der Waals surface area contributed by atoms with Crippen LogP contribution in [0.2, 0.25) is 0 Å². The molecule has 3 aromatic carbocycles. The number of unbranched alkanes of at least 4 members (excludes halogenated alkanes) is 32. The normalized spacial score (nSPS) is 12.6. The minimum Gasteiger partial charge on any atom is -0.142 e. The summed E-state index contributed by atoms with van der Waals surface area (Å²) < 4.78 is 7.96. The van der Waals surface area contributed by atoms with E-state index in [2.05, 4.69) is 143 Å². The van der Waals surface area contributed by atoms with Crippen molar-refractivity contribution in [2.45, 2.75) is 297 Å². The van der Waals surface area contributed by atoms with E-state index in [1.165, 1.54) is 352 Å². The van der Waals surface area contributed by atoms with Crippen molar-refractivity contribution in [1.82, 2.24) is 0 Å². The predicted molar refractivity (Wildman–Crippen MR) is 392 cm³/mol. The summed E-state index contributed by atoms with van der Waals surface area (Å²) in [6.45, 7) is 9.31. The van der Waals surface area contributed by atoms with Crippen molar-refractivity contribution in [3.63, 3.8) is 0 Å². The fourth-order valence-electron chi connectivity index (χ4n) is 13.5. The molecular formula is C78H112Br2S4. The molecule has 2 unspecified atom stereocenters. The lowest BCUT2D eigenvalue weighted by Gasteiger charge is -2.20. The molecule has 0 amide bonds. The molecule has 0 nitrogen and oxygen atoms in total. The average Bonchev–Trinajstić information content (AvgIpc) is 2.41. The van der Waals surface area contributed by atoms with Crippen LogP contribution in [0.15, 0.2) is 91.1 Å². The van der Waals surface area contributed by atoms with Crippen molar-refractivity contribution in [3.05, 3.63) is 102 Å². The molecule has 4 aromatic heterocycles. The molecule has 84 heavy (non-hydrogen) atoms. The van der Waals surface area contributed by atoms with E-state index in [0.29, 0.717) is 0 Å². The van der Waals surface area contributed by atoms with Crippen molar-refractivity contribution in [1.29, 1.82) is 0 Å². The molecule has 6 heteroatoms. The molecular weight excluding hydrogens is 1220 g/mol. The summed E-state index contributed by atoms with van der Waals surface area (Å²) in [4.78, 5) is 0. The lowest BCUT2D eigenvalue weighted by Crippen LogP contribution is -2.05. The Kier molecular flexibility index (Phi) is 34.1. The Morgan fingerprint density at radius 2 is 0.571 bits per heavy atom. The first-order valence-electron chi connectivity index (χ1n) is 35.1. The summed E-state index contributed by atoms with van der Waals surface area (Å²) in [6.07, 6.45) is 58.5. The molecule has 0 saturated carbocycles. The van der Waals surface area contributed by atoms with Gasteiger partial charge in [0.05, 0.1) is 17.0 Å². The minimum atomic E-state index is 0.765. The molecule has 0 fully saturated rings. The highest BCUT2D eigenvalue weighted by Crippen LogP contribution is 2.53. The highest BCUT2D eigenvalue weighted by Gasteiger charge is 2.25. The van der Waals surface area contributed by atoms with Crippen LogP contribution in [-0.2, 0) is 12.8 Å². The molecule has 0 spiro atoms. The second-order valence-corrected chi connectivity index (χ2v) is 32.2. The third kappa shape index (κ3) is 23.4. The van der Waals surface area contributed by atoms with Crippen molar-refractivity contribution in [2.24, 2.45) is 11.8 Å². The number of halogens is 2. The summed E-state index contributed by atoms with van der Waals surface area (Å²) in [5, 5.41) is 4.57. The molecule has 2 atom stereocenters. The van der Waals surface area contributed by atoms with Gasteiger partial charge in [0, 0.05) is 20.5 Å². The second-order valence-electron chi connectivity index (χ2n) is 25.7. The van der Waals surface area contributed by atoms with Gasteiger partial charge in [0.25, 0.3) is 0 Å². The standard InChI is InChI=1S/C78H112Br2S4/c1-5-9-13-17-21-25-27-31-35-39-43-61(41-37-33-29-23-19-15-11-7-3)57-63-45-49-65(50-46-63)67-59-70(74-76-72(54-56-82-76)84-78(74)80)68(60-69(67)73-75-71(53-55-81-75)83-77(73)79)66-51-47-64(48-52-66)58-62(42-38-34-30-24-20-16-12-8-4)44-40-36-32-28-26-22-18-14-10-6-2/h45-56,59-62H,5-44,57-58H2,1-4H3. The van der Waals surface area contributed by atoms with Crippen LogP contribution >= 0.6 is 77.2 Å². The lowest BCUT2D eigenvalue weighted by atomic mass is 9.85. The van der Waals surface area contributed by atoms with E-state index < -0.39 is 0 Å². The molecule has 0 aliphatic carbocycles. The van der Waals surface area contributed by atoms with E-state index in [-0.39, 0.29) is 0 Å². The predicted octanol–water partition coefficient (Wildman–Crippen LogP) is 30.4. The Morgan fingerprint density at radius 3 is 0.845 bits per heavy atom. The fourth-order valence-corrected chi connectivity index (χ4v) is 19.9. The summed E-state index contributed by atoms with van der Waals surface area (Å²) in [7, 11) is 0. The van der Waals surface area contributed by atoms with E-state index in [9.17, 15) is 0 Å². The molecule has 462 valence electrons. The van der Waals surface area contributed by atoms with Crippen molar-refractivity contribution >= 4 is 96.0 Å². The van der Waals surface area contributed by atoms with E-state index in [1.807, 2.05) is 45.3 Å². The highest BCUT2D eigenvalue weighted by atomic mass is 79.9. The summed E-state index contributed by atoms with van der Waals surface area (Å²) in [5.41, 5.74) is 13.6. The fraction of sp³-hybridized carbons (Fsp3) is 0.615. The molecule has 0 saturated heterocycles. The molecule has 0 N–H and O–H groups in total. The van der Waals surface area contributed by atoms with E-state index >= 15 is 0 Å². The number of hydrogen-bond acceptors (Lipinski definition) is 4. The van der Waals surface area contributed by atoms with Gasteiger partial charge < -0.3 is 0 Å². The van der Waals surface area contributed by atoms with Gasteiger partial charge >= 0.3 is 0 Å². The van der Waals surface area contributed by atoms with Gasteiger partial charge in [-0.25, -0.2) is 0 Å². The number of fused-ring (bicyclic) bond motifs is 2. The number of thiophene rings is 4. The van der Waals surface area contributed by atoms with Crippen molar-refractivity contribution in [2.75, 3.05) is 0 Å². The zero-order valence-corrected chi connectivity index (χ0v) is 59.8. The minimum absolute atomic E-state index is 0.765. The van der Waals surface area contributed by atoms with Gasteiger partial charge in [0.1, 0.15) is 0 Å². The summed E-state index contributed by atoms with van der Waals surface area (Å²) in [6, 6.07) is 29.8. The Hall–Kier alpha value is -2.06. The lowest BCUT2D eigenvalue weighted by molar-refractivity contribution is 0.400. The third-order valence-electron chi connectivity index (χ3n) is 18.6. The zero-order valence-electron chi connectivity index (χ0n) is 53.3. The Balaban J connectivity index is 1.13. The molecule has 7 rings (SSSR count). The summed E-state index contributed by atoms with van der Waals surface area (Å²) in [5.74, 6) is 1.53. The number of rotatable bonds is 48. The topological polar surface area (TPSA) is 0 Å². The van der Waals surface area contributed by atoms with Crippen LogP contribution < -0.4 is 0 Å². The Bertz CT molecular complexity index is 2610. The number of benzene rings is 3. The molecule has 0 radical (unpaired) electrons. The maximum absolute atomic E-state index is 4.18. The first-order valence-corrected chi connectivity index (χ1v) is 40.1. The first kappa shape index (κ1) is 69.4. The average molecular weight is 1340 g/mol. The maximum atomic E-state index is 4.18. The SMILES string of the molecule is CCCCCCCCCCCCC(CCCCCCCCCC)Cc1ccc(-c2cc(-c3c(Br)sc4ccsc34)c(-c3ccc(CC(CCCCCCCCCC)CCCCCCCCCCCC)cc3)cc2-c2c(Br)sc3ccsc23)cc1. The molecule has 7 aromatic rings. The monoisotopic (exact) mass is 1330 g/mol. The Morgan fingerprint density at radius 1 is 0.310 bits per heavy atom. The number of hydrogen-bond donors (Lipinski definition) is 0. The van der Waals surface area contributed by atoms with E-state index in [0.717, 1.165) is 11.8 Å². The van der Waals surface area contributed by atoms with Crippen LogP contribution in [0.3, 0.4) is 0 Å². The van der Waals surface area contributed by atoms with Gasteiger partial charge in [-0.05, 0) is 136 Å². The quantitative estimate of drug-likeness (QED) is 0.0334. The van der Waals surface area contributed by atoms with Crippen LogP contribution in [-0.4, -0.2) is 0 Å². The van der Waals surface area contributed by atoms with Crippen LogP contribution in [0.4, 0.5) is 0 Å². The third-order valence-corrected chi connectivity index (χ3v) is 24.4. The summed E-state index contributed by atoms with van der Waals surface area (Å²) >= 11 is 15.9. The van der Waals surface area contributed by atoms with E-state index in [4.69, 9.17) is 0 Å². The molecule has 0 aliphatic heterocycles. The highest BCUT2D eigenvalue weighted by molar-refractivity contribution is 9.11. The van der Waals surface area contributed by atoms with Gasteiger partial charge in [0.2, 0.25) is 0 Å². The van der Waals surface area contributed by atoms with Crippen LogP contribution in [0, 0.1) is 11.8 Å². The van der Waals surface area contributed by atoms with E-state index in [1.54, 1.807) is 0 Å². The van der Waals surface area contributed by atoms with Gasteiger partial charge in [-0.15, -0.1) is 45.3 Å². The first-order chi connectivity index (χ1) is 41.4. The molecule has 0 bridgehead atoms. The molecule has 0 aliphatic rings. The second kappa shape index (κ2) is 41.3. The van der Waals surface area contributed by atoms with Crippen molar-refractivity contribution in [3.8, 4) is 44.5 Å². The van der Waals surface area contributed by atoms with Crippen LogP contribution in [0.25, 0.3) is 63.3 Å². The van der Waals surface area contributed by atoms with Gasteiger partial charge in [0.15, 0.2) is 0 Å². The van der Waals surface area contributed by atoms with Crippen molar-refractivity contribution < 1.29 is 0 Å². The van der Waals surface area contributed by atoms with Gasteiger partial charge in [-0.2, -0.15) is 0 Å².